The SMILES string of the molecule is COc1ccccc1N(C(=O)COc1ccccc1O[Si](C)(C)C(C)(C)C)[Si](C)(C)C(C)(C)C. The van der Waals surface area contributed by atoms with Crippen LogP contribution in [0, 0.1) is 0 Å². The smallest absolute Gasteiger partial charge is 0.257 e. The Bertz CT molecular complexity index is 991. The molecule has 0 aliphatic rings. The normalized spacial score (nSPS) is 12.8. The standard InChI is InChI=1S/C27H43NO4Si2/c1-26(2,3)33(8,9)28(21-16-12-13-17-22(21)30-7)25(29)20-31-23-18-14-15-19-24(23)32-34(10,11)27(4,5)6/h12-19H,20H2,1-11H3. The summed E-state index contributed by atoms with van der Waals surface area (Å²) in [4.78, 5) is 13.8. The summed E-state index contributed by atoms with van der Waals surface area (Å²) in [7, 11) is -2.72. The third kappa shape index (κ3) is 6.05. The van der Waals surface area contributed by atoms with Crippen molar-refractivity contribution < 1.29 is 18.7 Å². The molecular weight excluding hydrogens is 458 g/mol. The molecule has 0 aromatic heterocycles. The van der Waals surface area contributed by atoms with Crippen molar-refractivity contribution in [3.63, 3.8) is 0 Å². The largest absolute Gasteiger partial charge is 0.541 e. The molecule has 0 saturated heterocycles. The highest BCUT2D eigenvalue weighted by Gasteiger charge is 2.45. The summed E-state index contributed by atoms with van der Waals surface area (Å²) in [5.41, 5.74) is 0.788. The van der Waals surface area contributed by atoms with Gasteiger partial charge in [0.05, 0.1) is 12.8 Å². The Morgan fingerprint density at radius 1 is 0.794 bits per heavy atom. The lowest BCUT2D eigenvalue weighted by Gasteiger charge is -2.46. The first kappa shape index (κ1) is 28.0. The summed E-state index contributed by atoms with van der Waals surface area (Å²) >= 11 is 0. The van der Waals surface area contributed by atoms with E-state index in [-0.39, 0.29) is 22.6 Å². The number of hydrogen-bond donors (Lipinski definition) is 0. The molecule has 0 aliphatic heterocycles. The van der Waals surface area contributed by atoms with Crippen molar-refractivity contribution in [2.45, 2.75) is 77.8 Å². The van der Waals surface area contributed by atoms with Gasteiger partial charge in [0.1, 0.15) is 11.5 Å². The molecule has 0 radical (unpaired) electrons. The first-order valence-electron chi connectivity index (χ1n) is 11.9. The molecule has 7 heteroatoms. The van der Waals surface area contributed by atoms with E-state index in [2.05, 4.69) is 67.7 Å². The zero-order valence-corrected chi connectivity index (χ0v) is 24.9. The van der Waals surface area contributed by atoms with Crippen LogP contribution in [0.25, 0.3) is 0 Å². The van der Waals surface area contributed by atoms with Crippen LogP contribution < -0.4 is 18.5 Å². The molecule has 0 spiro atoms. The van der Waals surface area contributed by atoms with E-state index < -0.39 is 16.6 Å². The van der Waals surface area contributed by atoms with E-state index in [1.165, 1.54) is 0 Å². The van der Waals surface area contributed by atoms with Crippen LogP contribution in [0.15, 0.2) is 48.5 Å². The van der Waals surface area contributed by atoms with Gasteiger partial charge < -0.3 is 18.5 Å². The molecule has 0 N–H and O–H groups in total. The number of methoxy groups -OCH3 is 1. The highest BCUT2D eigenvalue weighted by molar-refractivity contribution is 6.86. The second-order valence-electron chi connectivity index (χ2n) is 11.8. The molecule has 0 fully saturated rings. The molecule has 0 atom stereocenters. The van der Waals surface area contributed by atoms with Crippen molar-refractivity contribution in [2.24, 2.45) is 0 Å². The number of rotatable bonds is 8. The van der Waals surface area contributed by atoms with Gasteiger partial charge in [0.15, 0.2) is 20.6 Å². The number of para-hydroxylation sites is 4. The predicted molar refractivity (Wildman–Crippen MR) is 147 cm³/mol. The second-order valence-corrected chi connectivity index (χ2v) is 21.6. The summed E-state index contributed by atoms with van der Waals surface area (Å²) in [5.74, 6) is 1.88. The molecule has 0 aliphatic carbocycles. The minimum absolute atomic E-state index is 0.0545. The zero-order valence-electron chi connectivity index (χ0n) is 22.9. The Balaban J connectivity index is 2.39. The molecule has 2 aromatic carbocycles. The molecule has 1 amide bonds. The predicted octanol–water partition coefficient (Wildman–Crippen LogP) is 7.50. The average Bonchev–Trinajstić information content (AvgIpc) is 2.71. The van der Waals surface area contributed by atoms with Crippen molar-refractivity contribution in [2.75, 3.05) is 18.3 Å². The van der Waals surface area contributed by atoms with E-state index in [4.69, 9.17) is 13.9 Å². The molecule has 5 nitrogen and oxygen atoms in total. The Labute approximate surface area is 208 Å². The number of amides is 1. The van der Waals surface area contributed by atoms with Gasteiger partial charge in [-0.2, -0.15) is 0 Å². The van der Waals surface area contributed by atoms with Crippen LogP contribution in [-0.4, -0.2) is 36.2 Å². The lowest BCUT2D eigenvalue weighted by atomic mass is 10.2. The third-order valence-electron chi connectivity index (χ3n) is 7.34. The van der Waals surface area contributed by atoms with Crippen molar-refractivity contribution in [1.82, 2.24) is 0 Å². The van der Waals surface area contributed by atoms with Gasteiger partial charge in [-0.3, -0.25) is 4.79 Å². The number of nitrogens with zero attached hydrogens (tertiary/aromatic N) is 1. The van der Waals surface area contributed by atoms with Gasteiger partial charge in [-0.05, 0) is 47.4 Å². The maximum atomic E-state index is 13.8. The van der Waals surface area contributed by atoms with Crippen molar-refractivity contribution in [3.05, 3.63) is 48.5 Å². The molecule has 0 heterocycles. The number of anilines is 1. The molecule has 0 bridgehead atoms. The van der Waals surface area contributed by atoms with Crippen LogP contribution >= 0.6 is 0 Å². The quantitative estimate of drug-likeness (QED) is 0.351. The zero-order chi connectivity index (χ0) is 25.9. The minimum Gasteiger partial charge on any atom is -0.541 e. The van der Waals surface area contributed by atoms with Crippen LogP contribution in [0.5, 0.6) is 17.2 Å². The maximum Gasteiger partial charge on any atom is 0.257 e. The molecule has 0 unspecified atom stereocenters. The first-order valence-corrected chi connectivity index (χ1v) is 17.8. The van der Waals surface area contributed by atoms with Crippen LogP contribution in [-0.2, 0) is 4.79 Å². The summed E-state index contributed by atoms with van der Waals surface area (Å²) in [5, 5.41) is -0.00815. The Hall–Kier alpha value is -2.26. The van der Waals surface area contributed by atoms with Gasteiger partial charge in [0.25, 0.3) is 14.2 Å². The van der Waals surface area contributed by atoms with Crippen molar-refractivity contribution >= 4 is 28.1 Å². The van der Waals surface area contributed by atoms with Crippen LogP contribution in [0.4, 0.5) is 5.69 Å². The van der Waals surface area contributed by atoms with E-state index in [0.29, 0.717) is 17.2 Å². The monoisotopic (exact) mass is 501 g/mol. The summed E-state index contributed by atoms with van der Waals surface area (Å²) in [6.45, 7) is 21.9. The lowest BCUT2D eigenvalue weighted by Crippen LogP contribution is -2.59. The molecule has 34 heavy (non-hydrogen) atoms. The van der Waals surface area contributed by atoms with Gasteiger partial charge in [0, 0.05) is 0 Å². The fourth-order valence-electron chi connectivity index (χ4n) is 3.18. The molecular formula is C27H43NO4Si2. The van der Waals surface area contributed by atoms with Crippen LogP contribution in [0.2, 0.25) is 36.3 Å². The van der Waals surface area contributed by atoms with Crippen LogP contribution in [0.3, 0.4) is 0 Å². The number of ether oxygens (including phenoxy) is 2. The fraction of sp³-hybridized carbons (Fsp3) is 0.519. The van der Waals surface area contributed by atoms with Crippen molar-refractivity contribution in [3.8, 4) is 17.2 Å². The third-order valence-corrected chi connectivity index (χ3v) is 17.0. The number of carbonyl (C=O) groups excluding carboxylic acids is 1. The minimum atomic E-state index is -2.30. The topological polar surface area (TPSA) is 48.0 Å². The second kappa shape index (κ2) is 10.2. The average molecular weight is 502 g/mol. The van der Waals surface area contributed by atoms with E-state index >= 15 is 0 Å². The highest BCUT2D eigenvalue weighted by Crippen LogP contribution is 2.43. The number of hydrogen-bond acceptors (Lipinski definition) is 4. The molecule has 2 aromatic rings. The molecule has 0 saturated carbocycles. The molecule has 2 rings (SSSR count). The van der Waals surface area contributed by atoms with Crippen LogP contribution in [0.1, 0.15) is 41.5 Å². The van der Waals surface area contributed by atoms with Gasteiger partial charge in [-0.1, -0.05) is 78.9 Å². The lowest BCUT2D eigenvalue weighted by molar-refractivity contribution is -0.119. The number of carbonyl (C=O) groups is 1. The van der Waals surface area contributed by atoms with Gasteiger partial charge >= 0.3 is 0 Å². The summed E-state index contributed by atoms with van der Waals surface area (Å²) < 4.78 is 20.2. The van der Waals surface area contributed by atoms with E-state index in [9.17, 15) is 4.79 Å². The van der Waals surface area contributed by atoms with Gasteiger partial charge in [-0.15, -0.1) is 0 Å². The van der Waals surface area contributed by atoms with E-state index in [1.807, 2.05) is 53.1 Å². The summed E-state index contributed by atoms with van der Waals surface area (Å²) in [6, 6.07) is 15.3. The van der Waals surface area contributed by atoms with E-state index in [0.717, 1.165) is 5.69 Å². The first-order chi connectivity index (χ1) is 15.5. The van der Waals surface area contributed by atoms with E-state index in [1.54, 1.807) is 7.11 Å². The maximum absolute atomic E-state index is 13.8. The highest BCUT2D eigenvalue weighted by atomic mass is 28.4. The molecule has 188 valence electrons. The Morgan fingerprint density at radius 2 is 1.29 bits per heavy atom. The van der Waals surface area contributed by atoms with Crippen molar-refractivity contribution in [1.29, 1.82) is 0 Å². The fourth-order valence-corrected chi connectivity index (χ4v) is 6.35. The van der Waals surface area contributed by atoms with Gasteiger partial charge in [-0.25, -0.2) is 0 Å². The number of benzene rings is 2. The Kier molecular flexibility index (Phi) is 8.36. The summed E-state index contributed by atoms with van der Waals surface area (Å²) in [6.07, 6.45) is 0. The van der Waals surface area contributed by atoms with Gasteiger partial charge in [0.2, 0.25) is 0 Å². The Morgan fingerprint density at radius 3 is 1.79 bits per heavy atom.